The van der Waals surface area contributed by atoms with Gasteiger partial charge in [-0.2, -0.15) is 16.5 Å². The Hall–Kier alpha value is -1.05. The van der Waals surface area contributed by atoms with Gasteiger partial charge in [-0.25, -0.2) is 8.42 Å². The van der Waals surface area contributed by atoms with Crippen LogP contribution in [0.25, 0.3) is 0 Å². The minimum Gasteiger partial charge on any atom is -0.480 e. The largest absolute Gasteiger partial charge is 0.480 e. The van der Waals surface area contributed by atoms with Gasteiger partial charge in [-0.1, -0.05) is 25.5 Å². The molecule has 1 aromatic carbocycles. The van der Waals surface area contributed by atoms with E-state index in [4.69, 9.17) is 5.11 Å². The maximum absolute atomic E-state index is 12.2. The zero-order valence-corrected chi connectivity index (χ0v) is 13.8. The van der Waals surface area contributed by atoms with Crippen LogP contribution in [-0.2, 0) is 21.2 Å². The van der Waals surface area contributed by atoms with Crippen LogP contribution in [0.1, 0.15) is 25.3 Å². The van der Waals surface area contributed by atoms with Gasteiger partial charge in [-0.05, 0) is 42.5 Å². The van der Waals surface area contributed by atoms with Gasteiger partial charge in [-0.3, -0.25) is 4.79 Å². The van der Waals surface area contributed by atoms with Crippen molar-refractivity contribution in [2.24, 2.45) is 0 Å². The van der Waals surface area contributed by atoms with Gasteiger partial charge in [0.25, 0.3) is 0 Å². The van der Waals surface area contributed by atoms with Crippen molar-refractivity contribution >= 4 is 27.8 Å². The first-order valence-electron chi connectivity index (χ1n) is 6.73. The second-order valence-corrected chi connectivity index (χ2v) is 7.39. The number of benzene rings is 1. The number of carboxylic acid groups (broad SMARTS) is 1. The van der Waals surface area contributed by atoms with Gasteiger partial charge in [0.15, 0.2) is 0 Å². The Labute approximate surface area is 130 Å². The predicted molar refractivity (Wildman–Crippen MR) is 85.2 cm³/mol. The summed E-state index contributed by atoms with van der Waals surface area (Å²) in [6.45, 7) is 2.05. The van der Waals surface area contributed by atoms with E-state index in [2.05, 4.69) is 11.6 Å². The second kappa shape index (κ2) is 8.41. The summed E-state index contributed by atoms with van der Waals surface area (Å²) in [5.74, 6) is -0.579. The molecule has 1 rings (SSSR count). The van der Waals surface area contributed by atoms with Gasteiger partial charge in [0.05, 0.1) is 4.90 Å². The molecule has 0 bridgehead atoms. The van der Waals surface area contributed by atoms with E-state index < -0.39 is 22.0 Å². The third kappa shape index (κ3) is 5.68. The standard InChI is InChI=1S/C14H21NO4S2/c1-3-4-11-5-7-12(8-6-11)21(18,19)15-13(14(16)17)9-10-20-2/h5-8,13,15H,3-4,9-10H2,1-2H3,(H,16,17). The van der Waals surface area contributed by atoms with E-state index in [0.717, 1.165) is 18.4 Å². The first kappa shape index (κ1) is 18.0. The molecule has 0 saturated carbocycles. The fourth-order valence-corrected chi connectivity index (χ4v) is 3.54. The van der Waals surface area contributed by atoms with Crippen molar-refractivity contribution in [2.75, 3.05) is 12.0 Å². The lowest BCUT2D eigenvalue weighted by molar-refractivity contribution is -0.139. The normalized spacial score (nSPS) is 13.0. The fourth-order valence-electron chi connectivity index (χ4n) is 1.85. The van der Waals surface area contributed by atoms with Crippen LogP contribution >= 0.6 is 11.8 Å². The smallest absolute Gasteiger partial charge is 0.321 e. The summed E-state index contributed by atoms with van der Waals surface area (Å²) in [5.41, 5.74) is 1.06. The van der Waals surface area contributed by atoms with Gasteiger partial charge in [0, 0.05) is 0 Å². The van der Waals surface area contributed by atoms with E-state index in [1.807, 2.05) is 6.26 Å². The molecule has 21 heavy (non-hydrogen) atoms. The summed E-state index contributed by atoms with van der Waals surface area (Å²) < 4.78 is 26.7. The molecule has 0 saturated heterocycles. The molecule has 5 nitrogen and oxygen atoms in total. The first-order valence-corrected chi connectivity index (χ1v) is 9.61. The van der Waals surface area contributed by atoms with E-state index >= 15 is 0 Å². The molecular weight excluding hydrogens is 310 g/mol. The molecule has 0 fully saturated rings. The van der Waals surface area contributed by atoms with Crippen LogP contribution in [-0.4, -0.2) is 37.5 Å². The number of thioether (sulfide) groups is 1. The molecule has 7 heteroatoms. The highest BCUT2D eigenvalue weighted by Crippen LogP contribution is 2.13. The van der Waals surface area contributed by atoms with Crippen molar-refractivity contribution in [2.45, 2.75) is 37.1 Å². The van der Waals surface area contributed by atoms with Crippen LogP contribution < -0.4 is 4.72 Å². The maximum atomic E-state index is 12.2. The average molecular weight is 331 g/mol. The molecule has 0 radical (unpaired) electrons. The topological polar surface area (TPSA) is 83.5 Å². The number of aliphatic carboxylic acids is 1. The van der Waals surface area contributed by atoms with Gasteiger partial charge in [0.2, 0.25) is 10.0 Å². The van der Waals surface area contributed by atoms with Crippen LogP contribution in [0.2, 0.25) is 0 Å². The minimum absolute atomic E-state index is 0.0951. The minimum atomic E-state index is -3.81. The van der Waals surface area contributed by atoms with Crippen molar-refractivity contribution in [3.63, 3.8) is 0 Å². The van der Waals surface area contributed by atoms with E-state index in [1.165, 1.54) is 23.9 Å². The molecular formula is C14H21NO4S2. The zero-order valence-electron chi connectivity index (χ0n) is 12.2. The van der Waals surface area contributed by atoms with Crippen molar-refractivity contribution < 1.29 is 18.3 Å². The molecule has 1 aromatic rings. The van der Waals surface area contributed by atoms with Crippen molar-refractivity contribution in [3.05, 3.63) is 29.8 Å². The van der Waals surface area contributed by atoms with Crippen molar-refractivity contribution in [1.29, 1.82) is 0 Å². The number of carboxylic acids is 1. The Morgan fingerprint density at radius 1 is 1.33 bits per heavy atom. The summed E-state index contributed by atoms with van der Waals surface area (Å²) in [6.07, 6.45) is 3.98. The van der Waals surface area contributed by atoms with Gasteiger partial charge >= 0.3 is 5.97 Å². The number of aryl methyl sites for hydroxylation is 1. The fraction of sp³-hybridized carbons (Fsp3) is 0.500. The summed E-state index contributed by atoms with van der Waals surface area (Å²) in [5, 5.41) is 9.09. The molecule has 118 valence electrons. The molecule has 0 aliphatic heterocycles. The molecule has 0 heterocycles. The SMILES string of the molecule is CCCc1ccc(S(=O)(=O)NC(CCSC)C(=O)O)cc1. The zero-order chi connectivity index (χ0) is 15.9. The van der Waals surface area contributed by atoms with E-state index in [0.29, 0.717) is 5.75 Å². The van der Waals surface area contributed by atoms with Crippen LogP contribution in [0.3, 0.4) is 0 Å². The Kier molecular flexibility index (Phi) is 7.21. The third-order valence-corrected chi connectivity index (χ3v) is 5.11. The van der Waals surface area contributed by atoms with Crippen molar-refractivity contribution in [3.8, 4) is 0 Å². The third-order valence-electron chi connectivity index (χ3n) is 2.98. The van der Waals surface area contributed by atoms with E-state index in [-0.39, 0.29) is 11.3 Å². The lowest BCUT2D eigenvalue weighted by Crippen LogP contribution is -2.41. The summed E-state index contributed by atoms with van der Waals surface area (Å²) in [7, 11) is -3.81. The van der Waals surface area contributed by atoms with Crippen LogP contribution in [0.15, 0.2) is 29.2 Å². The second-order valence-electron chi connectivity index (χ2n) is 4.69. The molecule has 0 amide bonds. The van der Waals surface area contributed by atoms with E-state index in [1.54, 1.807) is 12.1 Å². The Balaban J connectivity index is 2.85. The molecule has 1 atom stereocenters. The number of rotatable bonds is 9. The summed E-state index contributed by atoms with van der Waals surface area (Å²) >= 11 is 1.48. The summed E-state index contributed by atoms with van der Waals surface area (Å²) in [6, 6.07) is 5.45. The molecule has 0 aliphatic carbocycles. The molecule has 2 N–H and O–H groups in total. The molecule has 0 spiro atoms. The lowest BCUT2D eigenvalue weighted by atomic mass is 10.1. The van der Waals surface area contributed by atoms with Crippen LogP contribution in [0, 0.1) is 0 Å². The highest BCUT2D eigenvalue weighted by Gasteiger charge is 2.24. The summed E-state index contributed by atoms with van der Waals surface area (Å²) in [4.78, 5) is 11.2. The molecule has 0 aliphatic rings. The Morgan fingerprint density at radius 3 is 2.43 bits per heavy atom. The van der Waals surface area contributed by atoms with Gasteiger partial charge in [0.1, 0.15) is 6.04 Å². The number of carbonyl (C=O) groups is 1. The number of hydrogen-bond donors (Lipinski definition) is 2. The first-order chi connectivity index (χ1) is 9.90. The monoisotopic (exact) mass is 331 g/mol. The predicted octanol–water partition coefficient (Wildman–Crippen LogP) is 2.12. The highest BCUT2D eigenvalue weighted by molar-refractivity contribution is 7.98. The van der Waals surface area contributed by atoms with Crippen LogP contribution in [0.5, 0.6) is 0 Å². The molecule has 1 unspecified atom stereocenters. The Morgan fingerprint density at radius 2 is 1.95 bits per heavy atom. The van der Waals surface area contributed by atoms with Crippen LogP contribution in [0.4, 0.5) is 0 Å². The van der Waals surface area contributed by atoms with E-state index in [9.17, 15) is 13.2 Å². The average Bonchev–Trinajstić information content (AvgIpc) is 2.44. The molecule has 0 aromatic heterocycles. The quantitative estimate of drug-likeness (QED) is 0.724. The van der Waals surface area contributed by atoms with Gasteiger partial charge in [-0.15, -0.1) is 0 Å². The van der Waals surface area contributed by atoms with Gasteiger partial charge < -0.3 is 5.11 Å². The van der Waals surface area contributed by atoms with Crippen molar-refractivity contribution in [1.82, 2.24) is 4.72 Å². The maximum Gasteiger partial charge on any atom is 0.321 e. The lowest BCUT2D eigenvalue weighted by Gasteiger charge is -2.14. The highest BCUT2D eigenvalue weighted by atomic mass is 32.2. The number of sulfonamides is 1. The Bertz CT molecular complexity index is 555. The number of nitrogens with one attached hydrogen (secondary N) is 1. The number of hydrogen-bond acceptors (Lipinski definition) is 4.